The van der Waals surface area contributed by atoms with Crippen LogP contribution in [0.5, 0.6) is 5.75 Å². The topological polar surface area (TPSA) is 48.9 Å². The van der Waals surface area contributed by atoms with Gasteiger partial charge in [0.2, 0.25) is 0 Å². The summed E-state index contributed by atoms with van der Waals surface area (Å²) in [5, 5.41) is 10.1. The summed E-state index contributed by atoms with van der Waals surface area (Å²) in [4.78, 5) is 7.12. The van der Waals surface area contributed by atoms with Gasteiger partial charge in [-0.1, -0.05) is 0 Å². The molecular weight excluding hydrogens is 330 g/mol. The van der Waals surface area contributed by atoms with Crippen LogP contribution in [0.25, 0.3) is 11.0 Å². The van der Waals surface area contributed by atoms with Gasteiger partial charge < -0.3 is 10.1 Å². The zero-order valence-electron chi connectivity index (χ0n) is 10.1. The summed E-state index contributed by atoms with van der Waals surface area (Å²) in [6.45, 7) is 0. The molecule has 0 amide bonds. The molecule has 0 atom stereocenters. The summed E-state index contributed by atoms with van der Waals surface area (Å²) < 4.78 is 28.3. The molecule has 3 aromatic rings. The molecule has 3 rings (SSSR count). The third kappa shape index (κ3) is 2.16. The van der Waals surface area contributed by atoms with Crippen molar-refractivity contribution in [2.24, 2.45) is 0 Å². The minimum absolute atomic E-state index is 0.0319. The Morgan fingerprint density at radius 3 is 2.90 bits per heavy atom. The van der Waals surface area contributed by atoms with Crippen molar-refractivity contribution in [1.82, 2.24) is 9.97 Å². The van der Waals surface area contributed by atoms with Crippen molar-refractivity contribution in [2.75, 3.05) is 0 Å². The average Bonchev–Trinajstić information content (AvgIpc) is 2.81. The summed E-state index contributed by atoms with van der Waals surface area (Å²) in [7, 11) is 0. The van der Waals surface area contributed by atoms with E-state index >= 15 is 0 Å². The molecular formula is C14H9BrF2N2O. The molecule has 0 saturated heterocycles. The van der Waals surface area contributed by atoms with E-state index in [0.29, 0.717) is 11.2 Å². The fraction of sp³-hybridized carbons (Fsp3) is 0.0714. The van der Waals surface area contributed by atoms with Crippen LogP contribution in [0, 0.1) is 11.6 Å². The van der Waals surface area contributed by atoms with Gasteiger partial charge in [-0.2, -0.15) is 0 Å². The summed E-state index contributed by atoms with van der Waals surface area (Å²) >= 11 is 3.31. The Morgan fingerprint density at radius 2 is 2.10 bits per heavy atom. The predicted molar refractivity (Wildman–Crippen MR) is 74.6 cm³/mol. The first-order chi connectivity index (χ1) is 9.56. The van der Waals surface area contributed by atoms with Gasteiger partial charge in [0.1, 0.15) is 11.5 Å². The van der Waals surface area contributed by atoms with E-state index in [0.717, 1.165) is 22.0 Å². The normalized spacial score (nSPS) is 11.2. The summed E-state index contributed by atoms with van der Waals surface area (Å²) in [6, 6.07) is 3.88. The molecule has 0 radical (unpaired) electrons. The minimum Gasteiger partial charge on any atom is -0.505 e. The number of fused-ring (bicyclic) bond motifs is 1. The number of nitrogens with one attached hydrogen (secondary N) is 1. The van der Waals surface area contributed by atoms with Crippen molar-refractivity contribution >= 4 is 27.0 Å². The highest BCUT2D eigenvalue weighted by atomic mass is 79.9. The number of aromatic hydroxyl groups is 1. The van der Waals surface area contributed by atoms with E-state index in [4.69, 9.17) is 0 Å². The van der Waals surface area contributed by atoms with E-state index in [2.05, 4.69) is 25.9 Å². The van der Waals surface area contributed by atoms with Crippen LogP contribution in [-0.4, -0.2) is 15.1 Å². The first-order valence-electron chi connectivity index (χ1n) is 5.83. The second-order valence-corrected chi connectivity index (χ2v) is 5.32. The quantitative estimate of drug-likeness (QED) is 0.744. The number of aromatic nitrogens is 2. The SMILES string of the molecule is Oc1ccc(F)c(Cc2c[nH]c3ncc(Br)cc23)c1F. The molecule has 2 aromatic heterocycles. The minimum atomic E-state index is -0.928. The van der Waals surface area contributed by atoms with Gasteiger partial charge in [0, 0.05) is 34.2 Å². The van der Waals surface area contributed by atoms with E-state index < -0.39 is 17.4 Å². The molecule has 6 heteroatoms. The molecule has 3 nitrogen and oxygen atoms in total. The van der Waals surface area contributed by atoms with Crippen LogP contribution in [0.2, 0.25) is 0 Å². The zero-order chi connectivity index (χ0) is 14.3. The monoisotopic (exact) mass is 338 g/mol. The number of phenols is 1. The van der Waals surface area contributed by atoms with Crippen molar-refractivity contribution in [3.05, 3.63) is 57.8 Å². The molecule has 0 aliphatic carbocycles. The number of phenolic OH excluding ortho intramolecular Hbond substituents is 1. The van der Waals surface area contributed by atoms with Crippen LogP contribution in [0.1, 0.15) is 11.1 Å². The Labute approximate surface area is 121 Å². The van der Waals surface area contributed by atoms with Gasteiger partial charge in [0.15, 0.2) is 11.6 Å². The van der Waals surface area contributed by atoms with Gasteiger partial charge in [0.05, 0.1) is 0 Å². The van der Waals surface area contributed by atoms with Gasteiger partial charge in [-0.3, -0.25) is 0 Å². The van der Waals surface area contributed by atoms with Crippen LogP contribution in [0.3, 0.4) is 0 Å². The molecule has 0 unspecified atom stereocenters. The lowest BCUT2D eigenvalue weighted by Crippen LogP contribution is -1.97. The lowest BCUT2D eigenvalue weighted by Gasteiger charge is -2.06. The number of H-pyrrole nitrogens is 1. The highest BCUT2D eigenvalue weighted by Gasteiger charge is 2.16. The number of halogens is 3. The molecule has 1 aromatic carbocycles. The summed E-state index contributed by atoms with van der Waals surface area (Å²) in [5.41, 5.74) is 1.19. The molecule has 0 bridgehead atoms. The van der Waals surface area contributed by atoms with Crippen molar-refractivity contribution in [3.8, 4) is 5.75 Å². The van der Waals surface area contributed by atoms with Gasteiger partial charge in [-0.15, -0.1) is 0 Å². The highest BCUT2D eigenvalue weighted by molar-refractivity contribution is 9.10. The molecule has 0 aliphatic heterocycles. The fourth-order valence-corrected chi connectivity index (χ4v) is 2.45. The van der Waals surface area contributed by atoms with E-state index in [1.165, 1.54) is 0 Å². The third-order valence-electron chi connectivity index (χ3n) is 3.12. The molecule has 0 aliphatic rings. The molecule has 0 saturated carbocycles. The van der Waals surface area contributed by atoms with Gasteiger partial charge in [0.25, 0.3) is 0 Å². The van der Waals surface area contributed by atoms with Crippen molar-refractivity contribution in [3.63, 3.8) is 0 Å². The molecule has 0 fully saturated rings. The summed E-state index contributed by atoms with van der Waals surface area (Å²) in [5.74, 6) is -2.17. The summed E-state index contributed by atoms with van der Waals surface area (Å²) in [6.07, 6.45) is 3.33. The zero-order valence-corrected chi connectivity index (χ0v) is 11.7. The number of benzene rings is 1. The second kappa shape index (κ2) is 4.86. The van der Waals surface area contributed by atoms with Gasteiger partial charge in [-0.05, 0) is 39.7 Å². The maximum absolute atomic E-state index is 13.8. The van der Waals surface area contributed by atoms with Crippen LogP contribution >= 0.6 is 15.9 Å². The van der Waals surface area contributed by atoms with Crippen LogP contribution in [-0.2, 0) is 6.42 Å². The molecule has 0 spiro atoms. The predicted octanol–water partition coefficient (Wildman–Crippen LogP) is 3.90. The number of nitrogens with zero attached hydrogens (tertiary/aromatic N) is 1. The Hall–Kier alpha value is -1.95. The van der Waals surface area contributed by atoms with E-state index in [1.54, 1.807) is 12.4 Å². The Kier molecular flexibility index (Phi) is 3.17. The van der Waals surface area contributed by atoms with Crippen molar-refractivity contribution in [1.29, 1.82) is 0 Å². The molecule has 20 heavy (non-hydrogen) atoms. The van der Waals surface area contributed by atoms with Crippen LogP contribution in [0.4, 0.5) is 8.78 Å². The lowest BCUT2D eigenvalue weighted by atomic mass is 10.0. The number of pyridine rings is 1. The van der Waals surface area contributed by atoms with Crippen LogP contribution in [0.15, 0.2) is 35.1 Å². The first kappa shape index (κ1) is 13.1. The van der Waals surface area contributed by atoms with Crippen molar-refractivity contribution < 1.29 is 13.9 Å². The second-order valence-electron chi connectivity index (χ2n) is 4.40. The number of hydrogen-bond acceptors (Lipinski definition) is 2. The average molecular weight is 339 g/mol. The van der Waals surface area contributed by atoms with E-state index in [-0.39, 0.29) is 12.0 Å². The standard InChI is InChI=1S/C14H9BrF2N2O/c15-8-4-9-7(5-18-14(9)19-6-8)3-10-11(16)1-2-12(20)13(10)17/h1-2,4-6,20H,3H2,(H,18,19). The van der Waals surface area contributed by atoms with Crippen molar-refractivity contribution in [2.45, 2.75) is 6.42 Å². The largest absolute Gasteiger partial charge is 0.505 e. The Balaban J connectivity index is 2.10. The van der Waals surface area contributed by atoms with Gasteiger partial charge >= 0.3 is 0 Å². The molecule has 102 valence electrons. The fourth-order valence-electron chi connectivity index (χ4n) is 2.12. The third-order valence-corrected chi connectivity index (χ3v) is 3.55. The Morgan fingerprint density at radius 1 is 1.30 bits per heavy atom. The number of aromatic amines is 1. The molecule has 2 N–H and O–H groups in total. The maximum Gasteiger partial charge on any atom is 0.171 e. The van der Waals surface area contributed by atoms with E-state index in [9.17, 15) is 13.9 Å². The lowest BCUT2D eigenvalue weighted by molar-refractivity contribution is 0.423. The number of rotatable bonds is 2. The van der Waals surface area contributed by atoms with E-state index in [1.807, 2.05) is 6.07 Å². The van der Waals surface area contributed by atoms with Crippen LogP contribution < -0.4 is 0 Å². The first-order valence-corrected chi connectivity index (χ1v) is 6.63. The maximum atomic E-state index is 13.8. The smallest absolute Gasteiger partial charge is 0.171 e. The Bertz CT molecular complexity index is 801. The number of hydrogen-bond donors (Lipinski definition) is 2. The highest BCUT2D eigenvalue weighted by Crippen LogP contribution is 2.27. The molecule has 2 heterocycles. The van der Waals surface area contributed by atoms with Gasteiger partial charge in [-0.25, -0.2) is 13.8 Å².